The molecular formula is C48H80FN4O14P. The third-order valence-corrected chi connectivity index (χ3v) is 10.5. The molecule has 0 saturated carbocycles. The number of nitrogens with one attached hydrogen (secondary N) is 4. The Morgan fingerprint density at radius 1 is 0.544 bits per heavy atom. The maximum Gasteiger partial charge on any atom is 0.406 e. The SMILES string of the molecule is CC(C)(C)OC(=O)CC[C@H](NP(=O)(OCCC[C@H](NC(=O)CC[C@H](NC(=O)CCCCCNC(=O)c1ccc(F)cc1)C(=O)OC(C)(C)C)C(=O)OC(C)(C)C)OC(C)(C)C)C(=O)OC(C)(C)C. The number of hydrogen-bond acceptors (Lipinski definition) is 14. The smallest absolute Gasteiger partial charge is 0.406 e. The van der Waals surface area contributed by atoms with Gasteiger partial charge in [0.05, 0.1) is 12.2 Å². The van der Waals surface area contributed by atoms with E-state index in [9.17, 15) is 42.5 Å². The van der Waals surface area contributed by atoms with Crippen LogP contribution in [-0.2, 0) is 61.3 Å². The molecule has 3 amide bonds. The largest absolute Gasteiger partial charge is 0.460 e. The van der Waals surface area contributed by atoms with E-state index in [0.29, 0.717) is 31.4 Å². The van der Waals surface area contributed by atoms with Crippen molar-refractivity contribution in [2.24, 2.45) is 0 Å². The van der Waals surface area contributed by atoms with Crippen LogP contribution in [0.1, 0.15) is 178 Å². The van der Waals surface area contributed by atoms with E-state index in [1.165, 1.54) is 24.3 Å². The maximum atomic E-state index is 14.3. The fourth-order valence-corrected chi connectivity index (χ4v) is 7.81. The molecular weight excluding hydrogens is 907 g/mol. The average Bonchev–Trinajstić information content (AvgIpc) is 3.14. The summed E-state index contributed by atoms with van der Waals surface area (Å²) in [6.07, 6.45) is 0.727. The number of rotatable bonds is 26. The molecule has 0 aliphatic heterocycles. The lowest BCUT2D eigenvalue weighted by molar-refractivity contribution is -0.160. The zero-order valence-electron chi connectivity index (χ0n) is 43.1. The maximum absolute atomic E-state index is 14.3. The zero-order chi connectivity index (χ0) is 52.3. The highest BCUT2D eigenvalue weighted by molar-refractivity contribution is 7.51. The quantitative estimate of drug-likeness (QED) is 0.0301. The first-order valence-corrected chi connectivity index (χ1v) is 24.8. The Kier molecular flexibility index (Phi) is 24.5. The Hall–Kier alpha value is -4.45. The van der Waals surface area contributed by atoms with E-state index in [-0.39, 0.29) is 57.5 Å². The minimum absolute atomic E-state index is 0.0234. The summed E-state index contributed by atoms with van der Waals surface area (Å²) >= 11 is 0. The standard InChI is InChI=1S/C48H80FN4O14P/c1-44(2,3)63-39(56)29-27-36(43(60)66-47(10,11)12)53-68(61,67-48(13,14)15)62-31-19-20-34(41(58)64-45(4,5)6)51-38(55)28-26-35(42(59)65-46(7,8)9)52-37(54)21-17-16-18-30-50-40(57)32-22-24-33(49)25-23-32/h22-25,34-36H,16-21,26-31H2,1-15H3,(H,50,57)(H,51,55)(H,52,54)(H,53,61)/t34-,35-,36-,68?/m0/s1. The monoisotopic (exact) mass is 987 g/mol. The number of unbranched alkanes of at least 4 members (excludes halogenated alkanes) is 2. The number of carbonyl (C=O) groups excluding carboxylic acids is 7. The van der Waals surface area contributed by atoms with Crippen LogP contribution in [0.15, 0.2) is 24.3 Å². The fourth-order valence-electron chi connectivity index (χ4n) is 5.92. The topological polar surface area (TPSA) is 240 Å². The van der Waals surface area contributed by atoms with Gasteiger partial charge in [-0.3, -0.25) is 33.0 Å². The number of benzene rings is 1. The van der Waals surface area contributed by atoms with Crippen molar-refractivity contribution < 1.29 is 70.5 Å². The van der Waals surface area contributed by atoms with E-state index < -0.39 is 95.4 Å². The van der Waals surface area contributed by atoms with E-state index in [1.54, 1.807) is 104 Å². The van der Waals surface area contributed by atoms with E-state index >= 15 is 0 Å². The summed E-state index contributed by atoms with van der Waals surface area (Å²) in [6.45, 7) is 25.0. The molecule has 1 aromatic rings. The molecule has 0 aliphatic rings. The average molecular weight is 987 g/mol. The molecule has 0 spiro atoms. The second kappa shape index (κ2) is 27.1. The van der Waals surface area contributed by atoms with E-state index in [2.05, 4.69) is 21.0 Å². The van der Waals surface area contributed by atoms with E-state index in [1.807, 2.05) is 0 Å². The third kappa shape index (κ3) is 29.4. The van der Waals surface area contributed by atoms with Crippen LogP contribution in [0.4, 0.5) is 4.39 Å². The van der Waals surface area contributed by atoms with Gasteiger partial charge in [-0.05, 0) is 167 Å². The van der Waals surface area contributed by atoms with Gasteiger partial charge in [0, 0.05) is 31.4 Å². The molecule has 0 aliphatic carbocycles. The van der Waals surface area contributed by atoms with Gasteiger partial charge in [0.15, 0.2) is 0 Å². The number of ether oxygens (including phenoxy) is 4. The molecule has 0 aromatic heterocycles. The Balaban J connectivity index is 3.07. The molecule has 4 N–H and O–H groups in total. The molecule has 1 unspecified atom stereocenters. The number of esters is 4. The van der Waals surface area contributed by atoms with Crippen LogP contribution in [0.5, 0.6) is 0 Å². The molecule has 4 atom stereocenters. The summed E-state index contributed by atoms with van der Waals surface area (Å²) in [4.78, 5) is 91.3. The van der Waals surface area contributed by atoms with Crippen LogP contribution in [0.3, 0.4) is 0 Å². The van der Waals surface area contributed by atoms with Crippen LogP contribution < -0.4 is 21.0 Å². The molecule has 0 saturated heterocycles. The number of amides is 3. The Morgan fingerprint density at radius 2 is 1.00 bits per heavy atom. The molecule has 0 bridgehead atoms. The van der Waals surface area contributed by atoms with Crippen molar-refractivity contribution in [3.63, 3.8) is 0 Å². The van der Waals surface area contributed by atoms with Gasteiger partial charge in [-0.25, -0.2) is 23.6 Å². The lowest BCUT2D eigenvalue weighted by Crippen LogP contribution is -2.46. The van der Waals surface area contributed by atoms with Gasteiger partial charge < -0.3 is 34.9 Å². The number of hydrogen-bond donors (Lipinski definition) is 4. The highest BCUT2D eigenvalue weighted by Gasteiger charge is 2.39. The predicted octanol–water partition coefficient (Wildman–Crippen LogP) is 7.69. The van der Waals surface area contributed by atoms with Crippen molar-refractivity contribution in [3.8, 4) is 0 Å². The predicted molar refractivity (Wildman–Crippen MR) is 253 cm³/mol. The van der Waals surface area contributed by atoms with Gasteiger partial charge >= 0.3 is 31.6 Å². The second-order valence-electron chi connectivity index (χ2n) is 21.4. The minimum Gasteiger partial charge on any atom is -0.460 e. The molecule has 18 nitrogen and oxygen atoms in total. The van der Waals surface area contributed by atoms with Gasteiger partial charge in [0.2, 0.25) is 11.8 Å². The van der Waals surface area contributed by atoms with Crippen LogP contribution in [0, 0.1) is 5.82 Å². The third-order valence-electron chi connectivity index (χ3n) is 8.54. The van der Waals surface area contributed by atoms with Gasteiger partial charge in [0.1, 0.15) is 46.3 Å². The Morgan fingerprint density at radius 3 is 1.49 bits per heavy atom. The fraction of sp³-hybridized carbons (Fsp3) is 0.729. The van der Waals surface area contributed by atoms with Crippen LogP contribution >= 0.6 is 7.75 Å². The lowest BCUT2D eigenvalue weighted by Gasteiger charge is -2.31. The van der Waals surface area contributed by atoms with Crippen molar-refractivity contribution in [2.75, 3.05) is 13.2 Å². The highest BCUT2D eigenvalue weighted by Crippen LogP contribution is 2.48. The summed E-state index contributed by atoms with van der Waals surface area (Å²) in [6, 6.07) is 1.42. The first-order chi connectivity index (χ1) is 30.9. The van der Waals surface area contributed by atoms with Crippen LogP contribution in [0.25, 0.3) is 0 Å². The number of carbonyl (C=O) groups is 7. The molecule has 0 fully saturated rings. The van der Waals surface area contributed by atoms with Crippen molar-refractivity contribution >= 4 is 49.3 Å². The molecule has 0 heterocycles. The van der Waals surface area contributed by atoms with Gasteiger partial charge in [-0.1, -0.05) is 6.42 Å². The van der Waals surface area contributed by atoms with Crippen LogP contribution in [0.2, 0.25) is 0 Å². The van der Waals surface area contributed by atoms with Crippen molar-refractivity contribution in [1.29, 1.82) is 0 Å². The van der Waals surface area contributed by atoms with Crippen LogP contribution in [-0.4, -0.2) is 101 Å². The summed E-state index contributed by atoms with van der Waals surface area (Å²) in [7, 11) is -4.36. The van der Waals surface area contributed by atoms with Crippen molar-refractivity contribution in [2.45, 2.75) is 214 Å². The summed E-state index contributed by atoms with van der Waals surface area (Å²) in [5, 5.41) is 10.7. The minimum atomic E-state index is -4.36. The Labute approximate surface area is 402 Å². The summed E-state index contributed by atoms with van der Waals surface area (Å²) < 4.78 is 61.3. The molecule has 20 heteroatoms. The van der Waals surface area contributed by atoms with E-state index in [4.69, 9.17) is 28.0 Å². The zero-order valence-corrected chi connectivity index (χ0v) is 44.0. The van der Waals surface area contributed by atoms with Crippen molar-refractivity contribution in [3.05, 3.63) is 35.6 Å². The lowest BCUT2D eigenvalue weighted by atomic mass is 10.1. The number of halogens is 1. The molecule has 68 heavy (non-hydrogen) atoms. The first-order valence-electron chi connectivity index (χ1n) is 23.2. The molecule has 1 rings (SSSR count). The highest BCUT2D eigenvalue weighted by atomic mass is 31.2. The normalized spacial score (nSPS) is 14.6. The molecule has 1 aromatic carbocycles. The molecule has 388 valence electrons. The van der Waals surface area contributed by atoms with Gasteiger partial charge in [0.25, 0.3) is 5.91 Å². The second-order valence-corrected chi connectivity index (χ2v) is 23.1. The van der Waals surface area contributed by atoms with Gasteiger partial charge in [-0.2, -0.15) is 0 Å². The van der Waals surface area contributed by atoms with Crippen molar-refractivity contribution in [1.82, 2.24) is 21.0 Å². The van der Waals surface area contributed by atoms with Gasteiger partial charge in [-0.15, -0.1) is 0 Å². The first kappa shape index (κ1) is 61.6. The summed E-state index contributed by atoms with van der Waals surface area (Å²) in [5.74, 6) is -4.79. The Bertz CT molecular complexity index is 1880. The molecule has 0 radical (unpaired) electrons. The van der Waals surface area contributed by atoms with E-state index in [0.717, 1.165) is 0 Å². The summed E-state index contributed by atoms with van der Waals surface area (Å²) in [5.41, 5.74) is -4.27.